The molecular weight excluding hydrogens is 379 g/mol. The molecule has 3 aromatic rings. The van der Waals surface area contributed by atoms with Crippen LogP contribution in [0.25, 0.3) is 17.0 Å². The summed E-state index contributed by atoms with van der Waals surface area (Å²) in [4.78, 5) is 1.66. The van der Waals surface area contributed by atoms with E-state index < -0.39 is 55.8 Å². The van der Waals surface area contributed by atoms with Gasteiger partial charge in [0.2, 0.25) is 5.95 Å². The summed E-state index contributed by atoms with van der Waals surface area (Å²) in [5, 5.41) is -0.426. The molecule has 4 nitrogen and oxygen atoms in total. The molecule has 0 aliphatic carbocycles. The summed E-state index contributed by atoms with van der Waals surface area (Å²) in [6.07, 6.45) is 1.17. The van der Waals surface area contributed by atoms with Gasteiger partial charge in [0.25, 0.3) is 10.0 Å². The number of nitrogens with one attached hydrogen (secondary N) is 2. The van der Waals surface area contributed by atoms with Gasteiger partial charge in [-0.1, -0.05) is 30.3 Å². The van der Waals surface area contributed by atoms with Gasteiger partial charge in [-0.05, 0) is 11.6 Å². The number of fused-ring (bicyclic) bond motifs is 1. The lowest BCUT2D eigenvalue weighted by atomic mass is 10.2. The van der Waals surface area contributed by atoms with Gasteiger partial charge in [-0.15, -0.1) is 0 Å². The molecule has 0 atom stereocenters. The highest BCUT2D eigenvalue weighted by Crippen LogP contribution is 2.34. The normalized spacial score (nSPS) is 12.2. The first-order valence-corrected chi connectivity index (χ1v) is 8.55. The zero-order valence-electron chi connectivity index (χ0n) is 12.7. The fraction of sp³-hybridized carbons (Fsp3) is 0. The number of anilines is 1. The van der Waals surface area contributed by atoms with E-state index in [1.165, 1.54) is 6.08 Å². The van der Waals surface area contributed by atoms with Gasteiger partial charge in [-0.25, -0.2) is 26.0 Å². The molecule has 0 spiro atoms. The van der Waals surface area contributed by atoms with E-state index >= 15 is 0 Å². The molecule has 0 aliphatic rings. The molecule has 2 aromatic carbocycles. The first-order chi connectivity index (χ1) is 12.2. The molecule has 1 heterocycles. The minimum absolute atomic E-state index is 0.502. The summed E-state index contributed by atoms with van der Waals surface area (Å²) >= 11 is 0. The van der Waals surface area contributed by atoms with Crippen LogP contribution in [0.2, 0.25) is 0 Å². The summed E-state index contributed by atoms with van der Waals surface area (Å²) in [7, 11) is -4.37. The number of rotatable bonds is 4. The Kier molecular flexibility index (Phi) is 4.45. The van der Waals surface area contributed by atoms with E-state index in [0.717, 1.165) is 0 Å². The van der Waals surface area contributed by atoms with Crippen LogP contribution < -0.4 is 4.72 Å². The summed E-state index contributed by atoms with van der Waals surface area (Å²) in [6.45, 7) is 0. The Morgan fingerprint density at radius 1 is 0.885 bits per heavy atom. The van der Waals surface area contributed by atoms with Crippen LogP contribution >= 0.6 is 0 Å². The molecule has 10 heteroatoms. The molecule has 0 unspecified atom stereocenters. The van der Waals surface area contributed by atoms with Crippen LogP contribution in [0.3, 0.4) is 0 Å². The lowest BCUT2D eigenvalue weighted by molar-refractivity contribution is 0.417. The lowest BCUT2D eigenvalue weighted by Gasteiger charge is -2.05. The molecule has 3 rings (SSSR count). The number of hydrogen-bond donors (Lipinski definition) is 2. The minimum atomic E-state index is -4.37. The van der Waals surface area contributed by atoms with Crippen LogP contribution in [-0.4, -0.2) is 13.4 Å². The lowest BCUT2D eigenvalue weighted by Crippen LogP contribution is -2.10. The number of aromatic amines is 1. The predicted octanol–water partition coefficient (Wildman–Crippen LogP) is 4.28. The number of sulfonamides is 1. The first kappa shape index (κ1) is 17.9. The number of halogens is 5. The van der Waals surface area contributed by atoms with E-state index in [2.05, 4.69) is 0 Å². The van der Waals surface area contributed by atoms with Crippen molar-refractivity contribution in [2.75, 3.05) is 4.72 Å². The van der Waals surface area contributed by atoms with Crippen molar-refractivity contribution in [3.8, 4) is 0 Å². The van der Waals surface area contributed by atoms with Crippen LogP contribution in [-0.2, 0) is 10.0 Å². The summed E-state index contributed by atoms with van der Waals surface area (Å²) in [5.41, 5.74) is -1.60. The minimum Gasteiger partial charge on any atom is -0.327 e. The van der Waals surface area contributed by atoms with E-state index in [1.54, 1.807) is 40.0 Å². The van der Waals surface area contributed by atoms with Crippen molar-refractivity contribution in [1.82, 2.24) is 4.98 Å². The van der Waals surface area contributed by atoms with Crippen molar-refractivity contribution in [2.45, 2.75) is 0 Å². The standard InChI is InChI=1S/C16H9F5N2O2S/c17-10-9-14(13(20)12(19)11(10)18)22-16(21)15(9)23-26(24,25)7-6-8-4-2-1-3-5-8/h1-7,22-23H/b7-6+. The molecule has 2 N–H and O–H groups in total. The molecule has 0 bridgehead atoms. The number of aromatic nitrogens is 1. The summed E-state index contributed by atoms with van der Waals surface area (Å²) < 4.78 is 93.9. The van der Waals surface area contributed by atoms with Crippen molar-refractivity contribution < 1.29 is 30.4 Å². The third kappa shape index (κ3) is 3.15. The molecule has 0 saturated carbocycles. The van der Waals surface area contributed by atoms with Gasteiger partial charge in [-0.2, -0.15) is 4.39 Å². The molecule has 1 aromatic heterocycles. The van der Waals surface area contributed by atoms with E-state index in [9.17, 15) is 30.4 Å². The Morgan fingerprint density at radius 3 is 2.15 bits per heavy atom. The van der Waals surface area contributed by atoms with Gasteiger partial charge in [0.15, 0.2) is 23.3 Å². The number of benzene rings is 2. The molecule has 0 fully saturated rings. The fourth-order valence-electron chi connectivity index (χ4n) is 2.27. The third-order valence-corrected chi connectivity index (χ3v) is 4.44. The second kappa shape index (κ2) is 6.45. The smallest absolute Gasteiger partial charge is 0.255 e. The molecule has 0 radical (unpaired) electrons. The summed E-state index contributed by atoms with van der Waals surface area (Å²) in [5.74, 6) is -9.63. The number of H-pyrrole nitrogens is 1. The Bertz CT molecular complexity index is 1120. The second-order valence-corrected chi connectivity index (χ2v) is 6.75. The highest BCUT2D eigenvalue weighted by molar-refractivity contribution is 7.95. The van der Waals surface area contributed by atoms with Crippen molar-refractivity contribution >= 4 is 32.7 Å². The molecule has 0 saturated heterocycles. The van der Waals surface area contributed by atoms with Gasteiger partial charge in [0.05, 0.1) is 16.3 Å². The van der Waals surface area contributed by atoms with Gasteiger partial charge in [0.1, 0.15) is 5.69 Å². The second-order valence-electron chi connectivity index (χ2n) is 5.18. The largest absolute Gasteiger partial charge is 0.327 e. The zero-order chi connectivity index (χ0) is 19.1. The molecule has 26 heavy (non-hydrogen) atoms. The van der Waals surface area contributed by atoms with Crippen LogP contribution in [0.5, 0.6) is 0 Å². The maximum absolute atomic E-state index is 13.9. The zero-order valence-corrected chi connectivity index (χ0v) is 13.5. The maximum atomic E-state index is 13.9. The Balaban J connectivity index is 2.06. The van der Waals surface area contributed by atoms with Crippen LogP contribution in [0.15, 0.2) is 35.7 Å². The highest BCUT2D eigenvalue weighted by atomic mass is 32.2. The van der Waals surface area contributed by atoms with Crippen molar-refractivity contribution in [3.05, 3.63) is 70.5 Å². The SMILES string of the molecule is O=S(=O)(/C=C/c1ccccc1)Nc1c(F)[nH]c2c(F)c(F)c(F)c(F)c12. The van der Waals surface area contributed by atoms with E-state index in [1.807, 2.05) is 0 Å². The first-order valence-electron chi connectivity index (χ1n) is 7.00. The Morgan fingerprint density at radius 2 is 1.50 bits per heavy atom. The topological polar surface area (TPSA) is 62.0 Å². The highest BCUT2D eigenvalue weighted by Gasteiger charge is 2.28. The van der Waals surface area contributed by atoms with Crippen LogP contribution in [0.1, 0.15) is 5.56 Å². The van der Waals surface area contributed by atoms with Gasteiger partial charge in [0, 0.05) is 0 Å². The molecule has 0 aliphatic heterocycles. The predicted molar refractivity (Wildman–Crippen MR) is 86.1 cm³/mol. The summed E-state index contributed by atoms with van der Waals surface area (Å²) in [6, 6.07) is 8.18. The average Bonchev–Trinajstić information content (AvgIpc) is 2.93. The van der Waals surface area contributed by atoms with Crippen molar-refractivity contribution in [3.63, 3.8) is 0 Å². The average molecular weight is 388 g/mol. The van der Waals surface area contributed by atoms with Gasteiger partial charge >= 0.3 is 0 Å². The quantitative estimate of drug-likeness (QED) is 0.398. The van der Waals surface area contributed by atoms with E-state index in [4.69, 9.17) is 0 Å². The van der Waals surface area contributed by atoms with Crippen LogP contribution in [0.4, 0.5) is 27.6 Å². The van der Waals surface area contributed by atoms with Crippen LogP contribution in [0, 0.1) is 29.2 Å². The Labute approximate surface area is 144 Å². The molecule has 0 amide bonds. The number of hydrogen-bond acceptors (Lipinski definition) is 2. The van der Waals surface area contributed by atoms with Crippen molar-refractivity contribution in [2.24, 2.45) is 0 Å². The molecule has 136 valence electrons. The fourth-order valence-corrected chi connectivity index (χ4v) is 3.15. The molecular formula is C16H9F5N2O2S. The Hall–Kier alpha value is -2.88. The van der Waals surface area contributed by atoms with Crippen molar-refractivity contribution in [1.29, 1.82) is 0 Å². The van der Waals surface area contributed by atoms with E-state index in [0.29, 0.717) is 11.0 Å². The van der Waals surface area contributed by atoms with Gasteiger partial charge < -0.3 is 4.98 Å². The monoisotopic (exact) mass is 388 g/mol. The van der Waals surface area contributed by atoms with E-state index in [-0.39, 0.29) is 0 Å². The maximum Gasteiger partial charge on any atom is 0.255 e. The van der Waals surface area contributed by atoms with Gasteiger partial charge in [-0.3, -0.25) is 4.72 Å². The third-order valence-electron chi connectivity index (χ3n) is 3.45.